The molecule has 138 valence electrons. The maximum atomic E-state index is 12.3. The van der Waals surface area contributed by atoms with Crippen LogP contribution in [0.3, 0.4) is 0 Å². The third kappa shape index (κ3) is 4.99. The predicted molar refractivity (Wildman–Crippen MR) is 96.4 cm³/mol. The van der Waals surface area contributed by atoms with Crippen molar-refractivity contribution in [3.63, 3.8) is 0 Å². The van der Waals surface area contributed by atoms with E-state index in [1.165, 1.54) is 14.2 Å². The molecule has 1 aliphatic rings. The topological polar surface area (TPSA) is 79.9 Å². The maximum Gasteiger partial charge on any atom is 0.238 e. The average molecular weight is 370 g/mol. The Hall–Kier alpha value is -1.99. The zero-order valence-corrected chi connectivity index (χ0v) is 15.5. The van der Waals surface area contributed by atoms with E-state index in [0.717, 1.165) is 12.8 Å². The quantitative estimate of drug-likeness (QED) is 0.798. The van der Waals surface area contributed by atoms with Gasteiger partial charge in [0.25, 0.3) is 0 Å². The third-order valence-electron chi connectivity index (χ3n) is 4.32. The summed E-state index contributed by atoms with van der Waals surface area (Å²) in [5, 5.41) is 5.92. The number of hydrogen-bond donors (Lipinski definition) is 2. The molecule has 0 radical (unpaired) electrons. The van der Waals surface area contributed by atoms with Gasteiger partial charge in [0.1, 0.15) is 11.5 Å². The largest absolute Gasteiger partial charge is 0.495 e. The van der Waals surface area contributed by atoms with Gasteiger partial charge in [0.05, 0.1) is 31.5 Å². The Morgan fingerprint density at radius 2 is 1.84 bits per heavy atom. The summed E-state index contributed by atoms with van der Waals surface area (Å²) >= 11 is 6.06. The number of piperidine rings is 1. The number of halogens is 1. The zero-order valence-electron chi connectivity index (χ0n) is 14.7. The van der Waals surface area contributed by atoms with Gasteiger partial charge in [-0.2, -0.15) is 0 Å². The monoisotopic (exact) mass is 369 g/mol. The number of ether oxygens (including phenoxy) is 2. The van der Waals surface area contributed by atoms with Crippen molar-refractivity contribution in [2.75, 3.05) is 46.2 Å². The molecule has 1 aliphatic heterocycles. The summed E-state index contributed by atoms with van der Waals surface area (Å²) in [7, 11) is 4.67. The molecule has 0 atom stereocenters. The van der Waals surface area contributed by atoms with Crippen molar-refractivity contribution in [1.82, 2.24) is 10.2 Å². The Morgan fingerprint density at radius 3 is 2.40 bits per heavy atom. The lowest BCUT2D eigenvalue weighted by atomic mass is 9.96. The van der Waals surface area contributed by atoms with E-state index in [1.54, 1.807) is 19.2 Å². The van der Waals surface area contributed by atoms with Crippen molar-refractivity contribution in [1.29, 1.82) is 0 Å². The highest BCUT2D eigenvalue weighted by Crippen LogP contribution is 2.35. The first-order valence-corrected chi connectivity index (χ1v) is 8.51. The first-order chi connectivity index (χ1) is 12.0. The van der Waals surface area contributed by atoms with Crippen molar-refractivity contribution in [2.45, 2.75) is 12.8 Å². The van der Waals surface area contributed by atoms with Gasteiger partial charge < -0.3 is 20.1 Å². The van der Waals surface area contributed by atoms with Gasteiger partial charge in [-0.1, -0.05) is 11.6 Å². The van der Waals surface area contributed by atoms with Crippen LogP contribution in [0, 0.1) is 5.92 Å². The Balaban J connectivity index is 1.94. The molecular weight excluding hydrogens is 346 g/mol. The standard InChI is InChI=1S/C17H24ClN3O4/c1-19-17(23)11-4-6-21(7-5-11)10-16(22)20-13-9-14(24-2)12(18)8-15(13)25-3/h8-9,11H,4-7,10H2,1-3H3,(H,19,23)(H,20,22). The fraction of sp³-hybridized carbons (Fsp3) is 0.529. The van der Waals surface area contributed by atoms with Crippen LogP contribution in [0.5, 0.6) is 11.5 Å². The highest BCUT2D eigenvalue weighted by Gasteiger charge is 2.25. The van der Waals surface area contributed by atoms with Crippen molar-refractivity contribution < 1.29 is 19.1 Å². The van der Waals surface area contributed by atoms with Crippen LogP contribution in [0.2, 0.25) is 5.02 Å². The van der Waals surface area contributed by atoms with Gasteiger partial charge in [-0.25, -0.2) is 0 Å². The minimum Gasteiger partial charge on any atom is -0.495 e. The van der Waals surface area contributed by atoms with Crippen LogP contribution < -0.4 is 20.1 Å². The van der Waals surface area contributed by atoms with Gasteiger partial charge >= 0.3 is 0 Å². The van der Waals surface area contributed by atoms with Gasteiger partial charge in [0, 0.05) is 25.1 Å². The van der Waals surface area contributed by atoms with Crippen LogP contribution in [0.1, 0.15) is 12.8 Å². The summed E-state index contributed by atoms with van der Waals surface area (Å²) < 4.78 is 10.4. The molecule has 8 heteroatoms. The minimum atomic E-state index is -0.152. The molecule has 0 saturated carbocycles. The van der Waals surface area contributed by atoms with Crippen LogP contribution in [-0.2, 0) is 9.59 Å². The van der Waals surface area contributed by atoms with E-state index < -0.39 is 0 Å². The molecule has 0 spiro atoms. The maximum absolute atomic E-state index is 12.3. The van der Waals surface area contributed by atoms with E-state index in [4.69, 9.17) is 21.1 Å². The van der Waals surface area contributed by atoms with Crippen LogP contribution >= 0.6 is 11.6 Å². The summed E-state index contributed by atoms with van der Waals surface area (Å²) in [6.45, 7) is 1.69. The highest BCUT2D eigenvalue weighted by molar-refractivity contribution is 6.32. The second-order valence-corrected chi connectivity index (χ2v) is 6.31. The van der Waals surface area contributed by atoms with Gasteiger partial charge in [-0.3, -0.25) is 14.5 Å². The molecule has 0 aromatic heterocycles. The summed E-state index contributed by atoms with van der Waals surface area (Å²) in [6, 6.07) is 3.24. The Kier molecular flexibility index (Phi) is 6.90. The Labute approximate surface area is 152 Å². The molecule has 7 nitrogen and oxygen atoms in total. The van der Waals surface area contributed by atoms with E-state index in [1.807, 2.05) is 4.90 Å². The molecule has 2 rings (SSSR count). The number of amides is 2. The molecule has 1 fully saturated rings. The average Bonchev–Trinajstić information content (AvgIpc) is 2.62. The number of benzene rings is 1. The molecule has 1 aromatic rings. The molecule has 25 heavy (non-hydrogen) atoms. The molecule has 1 saturated heterocycles. The van der Waals surface area contributed by atoms with Gasteiger partial charge in [-0.15, -0.1) is 0 Å². The number of rotatable bonds is 6. The van der Waals surface area contributed by atoms with Crippen LogP contribution in [-0.4, -0.2) is 57.6 Å². The number of carbonyl (C=O) groups is 2. The summed E-state index contributed by atoms with van der Waals surface area (Å²) in [5.74, 6) is 0.884. The molecule has 1 heterocycles. The first kappa shape index (κ1) is 19.3. The zero-order chi connectivity index (χ0) is 18.4. The van der Waals surface area contributed by atoms with Crippen molar-refractivity contribution in [3.05, 3.63) is 17.2 Å². The fourth-order valence-corrected chi connectivity index (χ4v) is 3.14. The van der Waals surface area contributed by atoms with Gasteiger partial charge in [0.2, 0.25) is 11.8 Å². The van der Waals surface area contributed by atoms with E-state index in [2.05, 4.69) is 10.6 Å². The third-order valence-corrected chi connectivity index (χ3v) is 4.62. The lowest BCUT2D eigenvalue weighted by Crippen LogP contribution is -2.42. The van der Waals surface area contributed by atoms with Crippen LogP contribution in [0.25, 0.3) is 0 Å². The second kappa shape index (κ2) is 8.92. The predicted octanol–water partition coefficient (Wildman–Crippen LogP) is 1.75. The minimum absolute atomic E-state index is 0.0323. The number of nitrogens with zero attached hydrogens (tertiary/aromatic N) is 1. The fourth-order valence-electron chi connectivity index (χ4n) is 2.91. The first-order valence-electron chi connectivity index (χ1n) is 8.13. The van der Waals surface area contributed by atoms with Crippen molar-refractivity contribution >= 4 is 29.1 Å². The summed E-state index contributed by atoms with van der Waals surface area (Å²) in [6.07, 6.45) is 1.51. The summed E-state index contributed by atoms with van der Waals surface area (Å²) in [5.41, 5.74) is 0.508. The Morgan fingerprint density at radius 1 is 1.20 bits per heavy atom. The SMILES string of the molecule is CNC(=O)C1CCN(CC(=O)Nc2cc(OC)c(Cl)cc2OC)CC1. The number of nitrogens with one attached hydrogen (secondary N) is 2. The molecule has 2 N–H and O–H groups in total. The van der Waals surface area contributed by atoms with Gasteiger partial charge in [-0.05, 0) is 25.9 Å². The number of hydrogen-bond acceptors (Lipinski definition) is 5. The van der Waals surface area contributed by atoms with E-state index >= 15 is 0 Å². The normalized spacial score (nSPS) is 15.5. The molecule has 2 amide bonds. The molecule has 0 bridgehead atoms. The number of anilines is 1. The molecule has 0 unspecified atom stereocenters. The number of carbonyl (C=O) groups excluding carboxylic acids is 2. The van der Waals surface area contributed by atoms with Crippen LogP contribution in [0.4, 0.5) is 5.69 Å². The smallest absolute Gasteiger partial charge is 0.238 e. The molecular formula is C17H24ClN3O4. The molecule has 0 aliphatic carbocycles. The lowest BCUT2D eigenvalue weighted by Gasteiger charge is -2.30. The Bertz CT molecular complexity index is 631. The number of methoxy groups -OCH3 is 2. The number of likely N-dealkylation sites (tertiary alicyclic amines) is 1. The molecule has 1 aromatic carbocycles. The van der Waals surface area contributed by atoms with Gasteiger partial charge in [0.15, 0.2) is 0 Å². The van der Waals surface area contributed by atoms with E-state index in [0.29, 0.717) is 35.3 Å². The lowest BCUT2D eigenvalue weighted by molar-refractivity contribution is -0.126. The second-order valence-electron chi connectivity index (χ2n) is 5.90. The van der Waals surface area contributed by atoms with Crippen molar-refractivity contribution in [2.24, 2.45) is 5.92 Å². The van der Waals surface area contributed by atoms with E-state index in [-0.39, 0.29) is 24.3 Å². The van der Waals surface area contributed by atoms with Crippen molar-refractivity contribution in [3.8, 4) is 11.5 Å². The van der Waals surface area contributed by atoms with E-state index in [9.17, 15) is 9.59 Å². The summed E-state index contributed by atoms with van der Waals surface area (Å²) in [4.78, 5) is 26.0. The highest BCUT2D eigenvalue weighted by atomic mass is 35.5. The van der Waals surface area contributed by atoms with Crippen LogP contribution in [0.15, 0.2) is 12.1 Å².